The molecule has 0 amide bonds. The lowest BCUT2D eigenvalue weighted by Gasteiger charge is -2.15. The van der Waals surface area contributed by atoms with Crippen LogP contribution in [0.25, 0.3) is 44.1 Å². The second-order valence-corrected chi connectivity index (χ2v) is 9.39. The molecule has 0 spiro atoms. The van der Waals surface area contributed by atoms with Crippen LogP contribution in [0.2, 0.25) is 0 Å². The molecule has 0 fully saturated rings. The number of nitro groups is 4. The van der Waals surface area contributed by atoms with Crippen molar-refractivity contribution < 1.29 is 24.8 Å². The molecule has 0 atom stereocenters. The minimum absolute atomic E-state index is 0.00347. The number of nitro benzene ring substituents is 4. The summed E-state index contributed by atoms with van der Waals surface area (Å²) in [6.45, 7) is 0. The molecule has 43 heavy (non-hydrogen) atoms. The van der Waals surface area contributed by atoms with Gasteiger partial charge in [-0.25, -0.2) is 0 Å². The minimum Gasteiger partial charge on any atom is -0.507 e. The number of nitrogens with zero attached hydrogens (tertiary/aromatic N) is 6. The Bertz CT molecular complexity index is 2240. The van der Waals surface area contributed by atoms with E-state index in [4.69, 9.17) is 0 Å². The average molecular weight is 588 g/mol. The lowest BCUT2D eigenvalue weighted by Crippen LogP contribution is -2.18. The van der Waals surface area contributed by atoms with Crippen molar-refractivity contribution in [3.63, 3.8) is 0 Å². The summed E-state index contributed by atoms with van der Waals surface area (Å²) < 4.78 is 1.88. The fourth-order valence-electron chi connectivity index (χ4n) is 5.01. The van der Waals surface area contributed by atoms with Crippen LogP contribution in [0.1, 0.15) is 0 Å². The zero-order valence-corrected chi connectivity index (χ0v) is 21.9. The lowest BCUT2D eigenvalue weighted by atomic mass is 9.93. The molecule has 0 saturated heterocycles. The van der Waals surface area contributed by atoms with Crippen LogP contribution in [0.15, 0.2) is 64.2 Å². The van der Waals surface area contributed by atoms with Crippen molar-refractivity contribution in [2.75, 3.05) is 0 Å². The maximum Gasteiger partial charge on any atom is 0.300 e. The fourth-order valence-corrected chi connectivity index (χ4v) is 5.01. The monoisotopic (exact) mass is 588 g/mol. The van der Waals surface area contributed by atoms with Gasteiger partial charge in [-0.05, 0) is 23.3 Å². The van der Waals surface area contributed by atoms with E-state index >= 15 is 0 Å². The zero-order chi connectivity index (χ0) is 31.5. The second kappa shape index (κ2) is 9.84. The predicted octanol–water partition coefficient (Wildman–Crippen LogP) is 4.06. The molecule has 0 unspecified atom stereocenters. The molecule has 1 N–H and O–H groups in total. The van der Waals surface area contributed by atoms with E-state index < -0.39 is 59.3 Å². The third kappa shape index (κ3) is 4.46. The van der Waals surface area contributed by atoms with Crippen molar-refractivity contribution in [2.24, 2.45) is 14.1 Å². The van der Waals surface area contributed by atoms with Crippen LogP contribution in [0, 0.1) is 40.5 Å². The van der Waals surface area contributed by atoms with Gasteiger partial charge in [-0.2, -0.15) is 0 Å². The summed E-state index contributed by atoms with van der Waals surface area (Å²) in [5, 5.41) is 57.5. The number of rotatable bonds is 6. The summed E-state index contributed by atoms with van der Waals surface area (Å²) in [4.78, 5) is 69.2. The zero-order valence-electron chi connectivity index (χ0n) is 21.9. The molecule has 0 radical (unpaired) electrons. The molecule has 17 nitrogen and oxygen atoms in total. The fraction of sp³-hybridized carbons (Fsp3) is 0.0769. The molecule has 216 valence electrons. The van der Waals surface area contributed by atoms with Crippen molar-refractivity contribution in [1.29, 1.82) is 0 Å². The van der Waals surface area contributed by atoms with Crippen molar-refractivity contribution in [3.8, 4) is 28.0 Å². The number of fused-ring (bicyclic) bond motifs is 2. The van der Waals surface area contributed by atoms with Gasteiger partial charge in [0.05, 0.1) is 31.8 Å². The molecule has 5 aromatic rings. The first-order chi connectivity index (χ1) is 20.2. The smallest absolute Gasteiger partial charge is 0.300 e. The van der Waals surface area contributed by atoms with Crippen molar-refractivity contribution >= 4 is 44.6 Å². The molecule has 3 aromatic carbocycles. The van der Waals surface area contributed by atoms with E-state index in [1.54, 1.807) is 0 Å². The van der Waals surface area contributed by atoms with E-state index in [1.165, 1.54) is 26.2 Å². The highest BCUT2D eigenvalue weighted by molar-refractivity contribution is 6.04. The molecule has 2 heterocycles. The minimum atomic E-state index is -0.888. The van der Waals surface area contributed by atoms with E-state index in [2.05, 4.69) is 0 Å². The topological polar surface area (TPSA) is 237 Å². The number of non-ortho nitro benzene ring substituents is 4. The SMILES string of the molecule is Cn1c(=O)cc(-c2ccc(O)c(-c3cc(=O)n(C)c4c([N+](=O)[O-])cc([N+](=O)[O-])cc34)c2)c2cc([N+](=O)[O-])cc([N+](=O)[O-])c21. The quantitative estimate of drug-likeness (QED) is 0.219. The van der Waals surface area contributed by atoms with Gasteiger partial charge >= 0.3 is 0 Å². The summed E-state index contributed by atoms with van der Waals surface area (Å²) in [5.74, 6) is -0.461. The van der Waals surface area contributed by atoms with E-state index in [-0.39, 0.29) is 44.1 Å². The van der Waals surface area contributed by atoms with Crippen molar-refractivity contribution in [1.82, 2.24) is 9.13 Å². The van der Waals surface area contributed by atoms with Gasteiger partial charge in [0, 0.05) is 60.3 Å². The largest absolute Gasteiger partial charge is 0.507 e. The Morgan fingerprint density at radius 1 is 0.581 bits per heavy atom. The number of hydrogen-bond donors (Lipinski definition) is 1. The van der Waals surface area contributed by atoms with Gasteiger partial charge < -0.3 is 14.2 Å². The molecule has 0 aliphatic rings. The molecular formula is C26H16N6O11. The Labute approximate surface area is 236 Å². The molecule has 0 bridgehead atoms. The van der Waals surface area contributed by atoms with E-state index in [9.17, 15) is 55.2 Å². The first kappa shape index (κ1) is 28.0. The van der Waals surface area contributed by atoms with Gasteiger partial charge in [-0.1, -0.05) is 6.07 Å². The van der Waals surface area contributed by atoms with Gasteiger partial charge in [-0.3, -0.25) is 50.0 Å². The van der Waals surface area contributed by atoms with Crippen molar-refractivity contribution in [3.05, 3.63) is 116 Å². The molecule has 5 rings (SSSR count). The van der Waals surface area contributed by atoms with Crippen LogP contribution in [-0.4, -0.2) is 33.9 Å². The van der Waals surface area contributed by atoms with Crippen LogP contribution >= 0.6 is 0 Å². The maximum atomic E-state index is 12.9. The van der Waals surface area contributed by atoms with Gasteiger partial charge in [0.15, 0.2) is 0 Å². The Balaban J connectivity index is 1.92. The Morgan fingerprint density at radius 2 is 1.02 bits per heavy atom. The highest BCUT2D eigenvalue weighted by Gasteiger charge is 2.27. The summed E-state index contributed by atoms with van der Waals surface area (Å²) in [6.07, 6.45) is 0. The third-order valence-electron chi connectivity index (χ3n) is 7.01. The number of aromatic hydroxyl groups is 1. The van der Waals surface area contributed by atoms with Crippen LogP contribution in [0.5, 0.6) is 5.75 Å². The van der Waals surface area contributed by atoms with Gasteiger partial charge in [-0.15, -0.1) is 0 Å². The summed E-state index contributed by atoms with van der Waals surface area (Å²) >= 11 is 0. The summed E-state index contributed by atoms with van der Waals surface area (Å²) in [6, 6.07) is 9.27. The molecule has 0 aliphatic carbocycles. The molecule has 2 aromatic heterocycles. The van der Waals surface area contributed by atoms with Crippen molar-refractivity contribution in [2.45, 2.75) is 0 Å². The lowest BCUT2D eigenvalue weighted by molar-refractivity contribution is -0.393. The highest BCUT2D eigenvalue weighted by Crippen LogP contribution is 2.42. The number of aromatic nitrogens is 2. The van der Waals surface area contributed by atoms with Gasteiger partial charge in [0.2, 0.25) is 0 Å². The summed E-state index contributed by atoms with van der Waals surface area (Å²) in [5.41, 5.74) is -4.85. The Kier molecular flexibility index (Phi) is 6.41. The standard InChI is InChI=1S/C26H16N6O11/c1-27-23(34)10-15(18-6-13(29(36)37)8-20(25(18)27)31(40)41)12-3-4-22(33)17(5-12)16-11-24(35)28(2)26-19(16)7-14(30(38)39)9-21(26)32(42)43/h3-11,33H,1-2H3. The second-order valence-electron chi connectivity index (χ2n) is 9.39. The molecule has 0 aliphatic heterocycles. The van der Waals surface area contributed by atoms with E-state index in [1.807, 2.05) is 0 Å². The first-order valence-corrected chi connectivity index (χ1v) is 12.0. The number of hydrogen-bond acceptors (Lipinski definition) is 11. The van der Waals surface area contributed by atoms with E-state index in [0.717, 1.165) is 45.5 Å². The third-order valence-corrected chi connectivity index (χ3v) is 7.01. The van der Waals surface area contributed by atoms with Crippen LogP contribution < -0.4 is 11.1 Å². The molecular weight excluding hydrogens is 572 g/mol. The predicted molar refractivity (Wildman–Crippen MR) is 151 cm³/mol. The Morgan fingerprint density at radius 3 is 1.47 bits per heavy atom. The normalized spacial score (nSPS) is 11.1. The van der Waals surface area contributed by atoms with Crippen LogP contribution in [0.3, 0.4) is 0 Å². The first-order valence-electron chi connectivity index (χ1n) is 12.0. The van der Waals surface area contributed by atoms with Gasteiger partial charge in [0.1, 0.15) is 16.8 Å². The molecule has 17 heteroatoms. The highest BCUT2D eigenvalue weighted by atomic mass is 16.6. The maximum absolute atomic E-state index is 12.9. The van der Waals surface area contributed by atoms with Gasteiger partial charge in [0.25, 0.3) is 33.9 Å². The van der Waals surface area contributed by atoms with E-state index in [0.29, 0.717) is 6.07 Å². The number of pyridine rings is 2. The van der Waals surface area contributed by atoms with Crippen LogP contribution in [-0.2, 0) is 14.1 Å². The summed E-state index contributed by atoms with van der Waals surface area (Å²) in [7, 11) is 2.48. The average Bonchev–Trinajstić information content (AvgIpc) is 2.95. The molecule has 0 saturated carbocycles. The number of benzene rings is 3. The number of phenols is 1. The Hall–Kier alpha value is -6.52. The number of aryl methyl sites for hydroxylation is 2. The van der Waals surface area contributed by atoms with Crippen LogP contribution in [0.4, 0.5) is 22.7 Å². The number of phenolic OH excluding ortho intramolecular Hbond substituents is 1.